The van der Waals surface area contributed by atoms with Gasteiger partial charge in [-0.15, -0.1) is 0 Å². The van der Waals surface area contributed by atoms with Crippen LogP contribution in [0.25, 0.3) is 0 Å². The van der Waals surface area contributed by atoms with Crippen LogP contribution in [0, 0.1) is 5.92 Å². The highest BCUT2D eigenvalue weighted by molar-refractivity contribution is 5.65. The Balaban J connectivity index is 1.89. The van der Waals surface area contributed by atoms with Crippen LogP contribution in [-0.4, -0.2) is 19.8 Å². The summed E-state index contributed by atoms with van der Waals surface area (Å²) in [6, 6.07) is 6.46. The van der Waals surface area contributed by atoms with Crippen molar-refractivity contribution >= 4 is 5.69 Å². The van der Waals surface area contributed by atoms with E-state index in [0.29, 0.717) is 11.6 Å². The molecule has 3 atom stereocenters. The second-order valence-electron chi connectivity index (χ2n) is 5.53. The molecule has 0 bridgehead atoms. The minimum absolute atomic E-state index is 0.337. The molecule has 1 saturated carbocycles. The highest BCUT2D eigenvalue weighted by Gasteiger charge is 2.57. The Hall–Kier alpha value is -1.22. The second-order valence-corrected chi connectivity index (χ2v) is 5.53. The van der Waals surface area contributed by atoms with Crippen LogP contribution in [0.4, 0.5) is 5.69 Å². The Labute approximate surface area is 102 Å². The monoisotopic (exact) mass is 230 g/mol. The Morgan fingerprint density at radius 3 is 3.24 bits per heavy atom. The van der Waals surface area contributed by atoms with E-state index in [9.17, 15) is 0 Å². The number of methoxy groups -OCH3 is 1. The van der Waals surface area contributed by atoms with Crippen LogP contribution in [0.5, 0.6) is 5.75 Å². The molecule has 2 N–H and O–H groups in total. The third-order valence-electron chi connectivity index (χ3n) is 4.98. The Morgan fingerprint density at radius 1 is 1.41 bits per heavy atom. The van der Waals surface area contributed by atoms with Crippen LogP contribution < -0.4 is 15.4 Å². The van der Waals surface area contributed by atoms with Crippen molar-refractivity contribution in [3.63, 3.8) is 0 Å². The minimum atomic E-state index is 0.337. The van der Waals surface area contributed by atoms with E-state index in [1.165, 1.54) is 30.5 Å². The van der Waals surface area contributed by atoms with E-state index < -0.39 is 0 Å². The number of hydrogen-bond acceptors (Lipinski definition) is 3. The third-order valence-corrected chi connectivity index (χ3v) is 4.98. The van der Waals surface area contributed by atoms with Crippen molar-refractivity contribution in [2.45, 2.75) is 30.8 Å². The molecule has 2 fully saturated rings. The molecule has 1 aliphatic carbocycles. The number of benzene rings is 1. The summed E-state index contributed by atoms with van der Waals surface area (Å²) in [5.41, 5.74) is 3.12. The van der Waals surface area contributed by atoms with Gasteiger partial charge in [0.15, 0.2) is 0 Å². The Bertz CT molecular complexity index is 473. The molecule has 1 aromatic rings. The molecular formula is C14H18N2O. The summed E-state index contributed by atoms with van der Waals surface area (Å²) in [6.45, 7) is 1.16. The third kappa shape index (κ3) is 1.06. The first-order valence-corrected chi connectivity index (χ1v) is 6.53. The Morgan fingerprint density at radius 2 is 2.35 bits per heavy atom. The van der Waals surface area contributed by atoms with Gasteiger partial charge in [-0.2, -0.15) is 0 Å². The predicted octanol–water partition coefficient (Wildman–Crippen LogP) is 2.09. The van der Waals surface area contributed by atoms with E-state index in [2.05, 4.69) is 22.8 Å². The number of ether oxygens (including phenoxy) is 1. The fourth-order valence-corrected chi connectivity index (χ4v) is 4.22. The molecule has 0 amide bonds. The SMILES string of the molecule is COc1ccc2c(c1)[C@]13CCC[C@H]1CN[C@@H]3N2. The zero-order valence-electron chi connectivity index (χ0n) is 10.1. The molecule has 3 aliphatic rings. The van der Waals surface area contributed by atoms with Gasteiger partial charge in [-0.3, -0.25) is 5.32 Å². The fourth-order valence-electron chi connectivity index (χ4n) is 4.22. The number of nitrogens with one attached hydrogen (secondary N) is 2. The van der Waals surface area contributed by atoms with E-state index in [4.69, 9.17) is 4.74 Å². The zero-order valence-corrected chi connectivity index (χ0v) is 10.1. The maximum absolute atomic E-state index is 5.38. The zero-order chi connectivity index (χ0) is 11.5. The van der Waals surface area contributed by atoms with Gasteiger partial charge in [0.05, 0.1) is 13.3 Å². The summed E-state index contributed by atoms with van der Waals surface area (Å²) in [5, 5.41) is 7.29. The van der Waals surface area contributed by atoms with Crippen molar-refractivity contribution in [1.29, 1.82) is 0 Å². The van der Waals surface area contributed by atoms with Gasteiger partial charge in [0.2, 0.25) is 0 Å². The van der Waals surface area contributed by atoms with Crippen molar-refractivity contribution < 1.29 is 4.74 Å². The average Bonchev–Trinajstić information content (AvgIpc) is 2.97. The number of fused-ring (bicyclic) bond motifs is 1. The van der Waals surface area contributed by atoms with Crippen molar-refractivity contribution in [2.75, 3.05) is 19.0 Å². The lowest BCUT2D eigenvalue weighted by atomic mass is 9.74. The molecule has 1 aromatic carbocycles. The van der Waals surface area contributed by atoms with Crippen LogP contribution in [0.3, 0.4) is 0 Å². The Kier molecular flexibility index (Phi) is 1.82. The summed E-state index contributed by atoms with van der Waals surface area (Å²) >= 11 is 0. The first-order valence-electron chi connectivity index (χ1n) is 6.53. The normalized spacial score (nSPS) is 37.2. The molecule has 17 heavy (non-hydrogen) atoms. The fraction of sp³-hybridized carbons (Fsp3) is 0.571. The van der Waals surface area contributed by atoms with Gasteiger partial charge in [0, 0.05) is 17.6 Å². The topological polar surface area (TPSA) is 33.3 Å². The number of anilines is 1. The summed E-state index contributed by atoms with van der Waals surface area (Å²) < 4.78 is 5.38. The van der Waals surface area contributed by atoms with E-state index in [0.717, 1.165) is 18.2 Å². The molecule has 3 heteroatoms. The molecule has 0 aromatic heterocycles. The molecule has 3 nitrogen and oxygen atoms in total. The van der Waals surface area contributed by atoms with Crippen LogP contribution in [0.1, 0.15) is 24.8 Å². The largest absolute Gasteiger partial charge is 0.497 e. The van der Waals surface area contributed by atoms with E-state index in [1.807, 2.05) is 6.07 Å². The van der Waals surface area contributed by atoms with Gasteiger partial charge in [0.1, 0.15) is 5.75 Å². The summed E-state index contributed by atoms with van der Waals surface area (Å²) in [4.78, 5) is 0. The van der Waals surface area contributed by atoms with Crippen LogP contribution in [0.2, 0.25) is 0 Å². The van der Waals surface area contributed by atoms with Gasteiger partial charge in [-0.05, 0) is 42.5 Å². The van der Waals surface area contributed by atoms with Crippen molar-refractivity contribution in [1.82, 2.24) is 5.32 Å². The maximum atomic E-state index is 5.38. The quantitative estimate of drug-likeness (QED) is 0.775. The van der Waals surface area contributed by atoms with E-state index in [1.54, 1.807) is 7.11 Å². The smallest absolute Gasteiger partial charge is 0.119 e. The molecule has 1 spiro atoms. The number of rotatable bonds is 1. The van der Waals surface area contributed by atoms with Gasteiger partial charge in [-0.25, -0.2) is 0 Å². The summed E-state index contributed by atoms with van der Waals surface area (Å²) in [5.74, 6) is 1.78. The lowest BCUT2D eigenvalue weighted by Gasteiger charge is -2.29. The standard InChI is InChI=1S/C14H18N2O/c1-17-10-4-5-12-11(7-10)14-6-2-3-9(14)8-15-13(14)16-12/h4-5,7,9,13,15-16H,2-3,6,8H2,1H3/t9-,13+,14-/m0/s1. The summed E-state index contributed by atoms with van der Waals surface area (Å²) in [6.07, 6.45) is 4.48. The highest BCUT2D eigenvalue weighted by Crippen LogP contribution is 2.56. The number of hydrogen-bond donors (Lipinski definition) is 2. The first-order chi connectivity index (χ1) is 8.34. The lowest BCUT2D eigenvalue weighted by molar-refractivity contribution is 0.365. The van der Waals surface area contributed by atoms with Crippen molar-refractivity contribution in [3.8, 4) is 5.75 Å². The molecule has 90 valence electrons. The van der Waals surface area contributed by atoms with E-state index >= 15 is 0 Å². The van der Waals surface area contributed by atoms with Gasteiger partial charge >= 0.3 is 0 Å². The van der Waals surface area contributed by atoms with Crippen molar-refractivity contribution in [3.05, 3.63) is 23.8 Å². The van der Waals surface area contributed by atoms with Crippen LogP contribution in [0.15, 0.2) is 18.2 Å². The first kappa shape index (κ1) is 9.77. The summed E-state index contributed by atoms with van der Waals surface area (Å²) in [7, 11) is 1.75. The van der Waals surface area contributed by atoms with E-state index in [-0.39, 0.29) is 0 Å². The predicted molar refractivity (Wildman–Crippen MR) is 67.4 cm³/mol. The maximum Gasteiger partial charge on any atom is 0.119 e. The minimum Gasteiger partial charge on any atom is -0.497 e. The molecular weight excluding hydrogens is 212 g/mol. The molecule has 0 unspecified atom stereocenters. The van der Waals surface area contributed by atoms with Gasteiger partial charge in [-0.1, -0.05) is 6.42 Å². The lowest BCUT2D eigenvalue weighted by Crippen LogP contribution is -2.40. The molecule has 4 rings (SSSR count). The van der Waals surface area contributed by atoms with Gasteiger partial charge < -0.3 is 10.1 Å². The molecule has 2 heterocycles. The molecule has 0 radical (unpaired) electrons. The van der Waals surface area contributed by atoms with Crippen LogP contribution in [-0.2, 0) is 5.41 Å². The molecule has 1 saturated heterocycles. The van der Waals surface area contributed by atoms with Gasteiger partial charge in [0.25, 0.3) is 0 Å². The molecule has 2 aliphatic heterocycles. The van der Waals surface area contributed by atoms with Crippen molar-refractivity contribution in [2.24, 2.45) is 5.92 Å². The second kappa shape index (κ2) is 3.16. The highest BCUT2D eigenvalue weighted by atomic mass is 16.5. The average molecular weight is 230 g/mol. The van der Waals surface area contributed by atoms with Crippen LogP contribution >= 0.6 is 0 Å².